The van der Waals surface area contributed by atoms with Crippen LogP contribution in [0.25, 0.3) is 0 Å². The number of allylic oxidation sites excluding steroid dienone is 2. The molecule has 0 aromatic heterocycles. The van der Waals surface area contributed by atoms with Crippen LogP contribution in [-0.2, 0) is 4.79 Å². The van der Waals surface area contributed by atoms with E-state index in [2.05, 4.69) is 19.6 Å². The van der Waals surface area contributed by atoms with Gasteiger partial charge in [0.25, 0.3) is 0 Å². The maximum absolute atomic E-state index is 10.6. The van der Waals surface area contributed by atoms with E-state index in [-0.39, 0.29) is 11.5 Å². The maximum Gasteiger partial charge on any atom is 0.331 e. The zero-order valence-electron chi connectivity index (χ0n) is 10.5. The van der Waals surface area contributed by atoms with Gasteiger partial charge in [0.1, 0.15) is 0 Å². The molecule has 92 valence electrons. The fraction of sp³-hybridized carbons (Fsp3) is 0.643. The Balaban J connectivity index is 3.60. The summed E-state index contributed by atoms with van der Waals surface area (Å²) in [5.74, 6) is -0.965. The second-order valence-corrected chi connectivity index (χ2v) is 4.25. The van der Waals surface area contributed by atoms with Crippen molar-refractivity contribution in [2.75, 3.05) is 0 Å². The van der Waals surface area contributed by atoms with Crippen LogP contribution in [0.15, 0.2) is 24.3 Å². The van der Waals surface area contributed by atoms with Crippen molar-refractivity contribution in [2.45, 2.75) is 52.4 Å². The van der Waals surface area contributed by atoms with Crippen LogP contribution in [-0.4, -0.2) is 11.1 Å². The largest absolute Gasteiger partial charge is 0.478 e. The summed E-state index contributed by atoms with van der Waals surface area (Å²) in [6.07, 6.45) is 11.4. The number of hydrogen-bond donors (Lipinski definition) is 1. The second-order valence-electron chi connectivity index (χ2n) is 4.25. The van der Waals surface area contributed by atoms with E-state index >= 15 is 0 Å². The van der Waals surface area contributed by atoms with Crippen molar-refractivity contribution in [2.24, 2.45) is 5.92 Å². The molecule has 0 aromatic rings. The molecule has 0 aliphatic heterocycles. The Bertz CT molecular complexity index is 241. The van der Waals surface area contributed by atoms with Crippen molar-refractivity contribution in [3.8, 4) is 0 Å². The van der Waals surface area contributed by atoms with Crippen LogP contribution < -0.4 is 0 Å². The molecule has 1 unspecified atom stereocenters. The Hall–Kier alpha value is -1.05. The van der Waals surface area contributed by atoms with Crippen LogP contribution in [0.3, 0.4) is 0 Å². The monoisotopic (exact) mass is 224 g/mol. The summed E-state index contributed by atoms with van der Waals surface area (Å²) in [4.78, 5) is 10.6. The molecule has 16 heavy (non-hydrogen) atoms. The lowest BCUT2D eigenvalue weighted by atomic mass is 10.0. The normalized spacial score (nSPS) is 12.9. The van der Waals surface area contributed by atoms with Gasteiger partial charge < -0.3 is 5.11 Å². The third kappa shape index (κ3) is 7.27. The van der Waals surface area contributed by atoms with Crippen LogP contribution in [0.1, 0.15) is 52.4 Å². The number of carbonyl (C=O) groups is 1. The predicted molar refractivity (Wildman–Crippen MR) is 68.5 cm³/mol. The lowest BCUT2D eigenvalue weighted by molar-refractivity contribution is -0.133. The van der Waals surface area contributed by atoms with Crippen molar-refractivity contribution >= 4 is 5.97 Å². The first kappa shape index (κ1) is 14.9. The highest BCUT2D eigenvalue weighted by Crippen LogP contribution is 2.11. The summed E-state index contributed by atoms with van der Waals surface area (Å²) in [6.45, 7) is 7.62. The maximum atomic E-state index is 10.6. The van der Waals surface area contributed by atoms with Gasteiger partial charge in [0.2, 0.25) is 0 Å². The quantitative estimate of drug-likeness (QED) is 0.362. The molecule has 0 heterocycles. The number of aliphatic carboxylic acids is 1. The van der Waals surface area contributed by atoms with E-state index in [9.17, 15) is 4.79 Å². The number of rotatable bonds is 9. The van der Waals surface area contributed by atoms with Crippen molar-refractivity contribution in [3.63, 3.8) is 0 Å². The Morgan fingerprint density at radius 3 is 2.50 bits per heavy atom. The van der Waals surface area contributed by atoms with Crippen LogP contribution in [0.4, 0.5) is 0 Å². The number of unbranched alkanes of at least 4 members (excludes halogenated alkanes) is 5. The summed E-state index contributed by atoms with van der Waals surface area (Å²) in [5.41, 5.74) is 0.266. The fourth-order valence-electron chi connectivity index (χ4n) is 1.48. The third-order valence-electron chi connectivity index (χ3n) is 2.72. The number of carboxylic acids is 1. The van der Waals surface area contributed by atoms with Crippen LogP contribution in [0.5, 0.6) is 0 Å². The highest BCUT2D eigenvalue weighted by molar-refractivity contribution is 5.86. The minimum atomic E-state index is -0.903. The van der Waals surface area contributed by atoms with Gasteiger partial charge in [-0.3, -0.25) is 0 Å². The molecule has 2 heteroatoms. The van der Waals surface area contributed by atoms with Gasteiger partial charge in [-0.05, 0) is 12.8 Å². The average Bonchev–Trinajstić information content (AvgIpc) is 2.26. The van der Waals surface area contributed by atoms with Crippen LogP contribution in [0.2, 0.25) is 0 Å². The molecule has 2 nitrogen and oxygen atoms in total. The van der Waals surface area contributed by atoms with Crippen molar-refractivity contribution < 1.29 is 9.90 Å². The minimum absolute atomic E-state index is 0.0619. The minimum Gasteiger partial charge on any atom is -0.478 e. The van der Waals surface area contributed by atoms with Crippen molar-refractivity contribution in [1.29, 1.82) is 0 Å². The molecule has 0 rings (SSSR count). The molecule has 0 fully saturated rings. The first-order valence-corrected chi connectivity index (χ1v) is 6.18. The molecule has 0 radical (unpaired) electrons. The number of carboxylic acid groups (broad SMARTS) is 1. The third-order valence-corrected chi connectivity index (χ3v) is 2.72. The van der Waals surface area contributed by atoms with Gasteiger partial charge in [0, 0.05) is 11.5 Å². The summed E-state index contributed by atoms with van der Waals surface area (Å²) in [7, 11) is 0. The van der Waals surface area contributed by atoms with Gasteiger partial charge in [-0.1, -0.05) is 58.3 Å². The molecule has 0 saturated carbocycles. The molecular formula is C14H24O2. The highest BCUT2D eigenvalue weighted by Gasteiger charge is 2.09. The van der Waals surface area contributed by atoms with E-state index < -0.39 is 5.97 Å². The zero-order chi connectivity index (χ0) is 12.4. The standard InChI is InChI=1S/C14H24O2/c1-4-5-6-7-8-9-10-11-12(2)13(3)14(15)16/h10-12H,3-9H2,1-2H3,(H,15,16)/b11-10-. The number of hydrogen-bond acceptors (Lipinski definition) is 1. The molecule has 0 spiro atoms. The van der Waals surface area contributed by atoms with Crippen molar-refractivity contribution in [1.82, 2.24) is 0 Å². The lowest BCUT2D eigenvalue weighted by Crippen LogP contribution is -2.05. The van der Waals surface area contributed by atoms with E-state index in [0.717, 1.165) is 6.42 Å². The van der Waals surface area contributed by atoms with E-state index in [1.54, 1.807) is 0 Å². The van der Waals surface area contributed by atoms with Crippen molar-refractivity contribution in [3.05, 3.63) is 24.3 Å². The first-order chi connectivity index (χ1) is 7.59. The van der Waals surface area contributed by atoms with Gasteiger partial charge in [0.05, 0.1) is 0 Å². The van der Waals surface area contributed by atoms with E-state index in [1.165, 1.54) is 32.1 Å². The molecule has 0 saturated heterocycles. The van der Waals surface area contributed by atoms with E-state index in [1.807, 2.05) is 13.0 Å². The zero-order valence-corrected chi connectivity index (χ0v) is 10.5. The average molecular weight is 224 g/mol. The smallest absolute Gasteiger partial charge is 0.331 e. The van der Waals surface area contributed by atoms with Crippen LogP contribution in [0, 0.1) is 5.92 Å². The summed E-state index contributed by atoms with van der Waals surface area (Å²) < 4.78 is 0. The lowest BCUT2D eigenvalue weighted by Gasteiger charge is -2.04. The Labute approximate surface area is 99.1 Å². The molecular weight excluding hydrogens is 200 g/mol. The van der Waals surface area contributed by atoms with Gasteiger partial charge in [-0.15, -0.1) is 0 Å². The Morgan fingerprint density at radius 2 is 1.94 bits per heavy atom. The topological polar surface area (TPSA) is 37.3 Å². The fourth-order valence-corrected chi connectivity index (χ4v) is 1.48. The first-order valence-electron chi connectivity index (χ1n) is 6.18. The second kappa shape index (κ2) is 9.20. The Kier molecular flexibility index (Phi) is 8.59. The van der Waals surface area contributed by atoms with Crippen LogP contribution >= 0.6 is 0 Å². The highest BCUT2D eigenvalue weighted by atomic mass is 16.4. The van der Waals surface area contributed by atoms with Gasteiger partial charge in [-0.2, -0.15) is 0 Å². The van der Waals surface area contributed by atoms with Gasteiger partial charge in [-0.25, -0.2) is 4.79 Å². The molecule has 1 N–H and O–H groups in total. The van der Waals surface area contributed by atoms with E-state index in [0.29, 0.717) is 0 Å². The molecule has 1 atom stereocenters. The van der Waals surface area contributed by atoms with Gasteiger partial charge in [0.15, 0.2) is 0 Å². The SMILES string of the molecule is C=C(C(=O)O)C(C)/C=C\CCCCCCC. The summed E-state index contributed by atoms with van der Waals surface area (Å²) in [5, 5.41) is 8.72. The van der Waals surface area contributed by atoms with Gasteiger partial charge >= 0.3 is 5.97 Å². The Morgan fingerprint density at radius 1 is 1.31 bits per heavy atom. The summed E-state index contributed by atoms with van der Waals surface area (Å²) >= 11 is 0. The predicted octanol–water partition coefficient (Wildman–Crippen LogP) is 4.18. The van der Waals surface area contributed by atoms with E-state index in [4.69, 9.17) is 5.11 Å². The molecule has 0 aliphatic carbocycles. The molecule has 0 aliphatic rings. The summed E-state index contributed by atoms with van der Waals surface area (Å²) in [6, 6.07) is 0. The molecule has 0 aromatic carbocycles. The molecule has 0 amide bonds. The molecule has 0 bridgehead atoms.